The number of likely N-dealkylation sites (N-methyl/N-ethyl adjacent to an activating group) is 1. The van der Waals surface area contributed by atoms with Crippen molar-refractivity contribution >= 4 is 19.8 Å². The van der Waals surface area contributed by atoms with Crippen LogP contribution in [0.3, 0.4) is 0 Å². The molecule has 10 nitrogen and oxygen atoms in total. The Labute approximate surface area is 347 Å². The van der Waals surface area contributed by atoms with E-state index < -0.39 is 38.6 Å². The lowest BCUT2D eigenvalue weighted by atomic mass is 10.0. The van der Waals surface area contributed by atoms with Gasteiger partial charge in [-0.3, -0.25) is 18.6 Å². The summed E-state index contributed by atoms with van der Waals surface area (Å²) in [5.41, 5.74) is 0. The van der Waals surface area contributed by atoms with Crippen molar-refractivity contribution in [3.05, 3.63) is 72.9 Å². The summed E-state index contributed by atoms with van der Waals surface area (Å²) in [7, 11) is 1.40. The van der Waals surface area contributed by atoms with Crippen LogP contribution in [0, 0.1) is 0 Å². The Balaban J connectivity index is 4.55. The zero-order valence-corrected chi connectivity index (χ0v) is 37.3. The van der Waals surface area contributed by atoms with Gasteiger partial charge in [-0.1, -0.05) is 164 Å². The lowest BCUT2D eigenvalue weighted by molar-refractivity contribution is -0.870. The topological polar surface area (TPSA) is 129 Å². The van der Waals surface area contributed by atoms with Crippen molar-refractivity contribution in [2.24, 2.45) is 0 Å². The third-order valence-corrected chi connectivity index (χ3v) is 9.83. The molecule has 3 unspecified atom stereocenters. The average Bonchev–Trinajstić information content (AvgIpc) is 3.15. The number of carbonyl (C=O) groups is 2. The maximum Gasteiger partial charge on any atom is 0.472 e. The maximum atomic E-state index is 12.6. The number of allylic oxidation sites excluding steroid dienone is 10. The molecule has 0 saturated heterocycles. The van der Waals surface area contributed by atoms with Crippen molar-refractivity contribution < 1.29 is 47.2 Å². The van der Waals surface area contributed by atoms with Crippen molar-refractivity contribution in [1.82, 2.24) is 0 Å². The number of unbranched alkanes of at least 4 members (excludes halogenated alkanes) is 12. The zero-order valence-electron chi connectivity index (χ0n) is 36.4. The van der Waals surface area contributed by atoms with E-state index in [-0.39, 0.29) is 26.1 Å². The molecule has 328 valence electrons. The highest BCUT2D eigenvalue weighted by molar-refractivity contribution is 7.47. The number of carbonyl (C=O) groups excluding carboxylic acids is 2. The Bertz CT molecular complexity index is 1220. The molecule has 0 aliphatic carbocycles. The normalized spacial score (nSPS) is 14.9. The molecule has 0 saturated carbocycles. The first-order valence-corrected chi connectivity index (χ1v) is 23.3. The highest BCUT2D eigenvalue weighted by Gasteiger charge is 2.27. The summed E-state index contributed by atoms with van der Waals surface area (Å²) in [6, 6.07) is 0. The Kier molecular flexibility index (Phi) is 36.0. The van der Waals surface area contributed by atoms with Crippen LogP contribution in [0.15, 0.2) is 72.9 Å². The standard InChI is InChI=1S/C46H80NO9P/c1-6-8-10-11-12-13-14-16-20-23-26-29-33-37-45(49)53-41-44(42-55-57(51,52)54-40-39-47(3,4)5)56-46(50)38-34-30-27-24-21-18-15-17-19-22-25-28-32-36-43(48)35-31-9-7-2/h9,17-19,21,25,27-28,30-32,36,43-44,48H,6-8,10-16,20,22-24,26,29,33-35,37-42H2,1-5H3/p+1/b19-17-,21-18-,28-25-,30-27-,31-9-,36-32-. The smallest absolute Gasteiger partial charge is 0.462 e. The van der Waals surface area contributed by atoms with Crippen molar-refractivity contribution in [2.75, 3.05) is 47.5 Å². The largest absolute Gasteiger partial charge is 0.472 e. The highest BCUT2D eigenvalue weighted by atomic mass is 31.2. The first kappa shape index (κ1) is 54.4. The van der Waals surface area contributed by atoms with Gasteiger partial charge in [0.05, 0.1) is 33.9 Å². The second kappa shape index (κ2) is 37.7. The van der Waals surface area contributed by atoms with Gasteiger partial charge in [-0.05, 0) is 44.9 Å². The molecule has 0 fully saturated rings. The van der Waals surface area contributed by atoms with Gasteiger partial charge in [-0.2, -0.15) is 0 Å². The molecule has 0 spiro atoms. The second-order valence-corrected chi connectivity index (χ2v) is 17.0. The van der Waals surface area contributed by atoms with E-state index in [4.69, 9.17) is 18.5 Å². The van der Waals surface area contributed by atoms with E-state index in [1.54, 1.807) is 6.08 Å². The molecule has 57 heavy (non-hydrogen) atoms. The van der Waals surface area contributed by atoms with E-state index >= 15 is 0 Å². The van der Waals surface area contributed by atoms with Gasteiger partial charge in [0.2, 0.25) is 0 Å². The van der Waals surface area contributed by atoms with E-state index in [0.717, 1.165) is 44.9 Å². The van der Waals surface area contributed by atoms with E-state index in [1.807, 2.05) is 63.7 Å². The molecule has 0 bridgehead atoms. The van der Waals surface area contributed by atoms with Gasteiger partial charge in [0, 0.05) is 12.8 Å². The lowest BCUT2D eigenvalue weighted by Gasteiger charge is -2.24. The molecule has 0 aliphatic heterocycles. The number of aliphatic hydroxyl groups excluding tert-OH is 1. The molecule has 0 heterocycles. The Morgan fingerprint density at radius 3 is 1.79 bits per heavy atom. The van der Waals surface area contributed by atoms with Crippen LogP contribution >= 0.6 is 7.82 Å². The number of aliphatic hydroxyl groups is 1. The molecule has 2 N–H and O–H groups in total. The molecule has 3 atom stereocenters. The molecule has 11 heteroatoms. The molecule has 0 aromatic heterocycles. The molecule has 0 radical (unpaired) electrons. The predicted octanol–water partition coefficient (Wildman–Crippen LogP) is 11.2. The monoisotopic (exact) mass is 823 g/mol. The van der Waals surface area contributed by atoms with Crippen LogP contribution in [0.1, 0.15) is 149 Å². The third kappa shape index (κ3) is 41.4. The van der Waals surface area contributed by atoms with Crippen molar-refractivity contribution in [1.29, 1.82) is 0 Å². The highest BCUT2D eigenvalue weighted by Crippen LogP contribution is 2.43. The van der Waals surface area contributed by atoms with Gasteiger partial charge in [0.1, 0.15) is 19.8 Å². The van der Waals surface area contributed by atoms with Crippen molar-refractivity contribution in [3.63, 3.8) is 0 Å². The first-order chi connectivity index (χ1) is 27.4. The first-order valence-electron chi connectivity index (χ1n) is 21.8. The predicted molar refractivity (Wildman–Crippen MR) is 235 cm³/mol. The van der Waals surface area contributed by atoms with Gasteiger partial charge in [-0.25, -0.2) is 4.57 Å². The zero-order chi connectivity index (χ0) is 42.3. The minimum Gasteiger partial charge on any atom is -0.462 e. The minimum absolute atomic E-state index is 0.00860. The van der Waals surface area contributed by atoms with Crippen molar-refractivity contribution in [2.45, 2.75) is 161 Å². The fraction of sp³-hybridized carbons (Fsp3) is 0.696. The molecular weight excluding hydrogens is 741 g/mol. The Hall–Kier alpha value is -2.59. The quantitative estimate of drug-likeness (QED) is 0.0156. The number of hydrogen-bond acceptors (Lipinski definition) is 8. The molecule has 0 aromatic rings. The van der Waals surface area contributed by atoms with Gasteiger partial charge in [0.15, 0.2) is 6.10 Å². The summed E-state index contributed by atoms with van der Waals surface area (Å²) in [6.07, 6.45) is 42.9. The van der Waals surface area contributed by atoms with Crippen LogP contribution < -0.4 is 0 Å². The van der Waals surface area contributed by atoms with Crippen LogP contribution in [0.2, 0.25) is 0 Å². The number of quaternary nitrogens is 1. The van der Waals surface area contributed by atoms with Crippen LogP contribution in [0.5, 0.6) is 0 Å². The fourth-order valence-corrected chi connectivity index (χ4v) is 6.16. The second-order valence-electron chi connectivity index (χ2n) is 15.6. The number of phosphoric acid groups is 1. The summed E-state index contributed by atoms with van der Waals surface area (Å²) in [5.74, 6) is -0.921. The maximum absolute atomic E-state index is 12.6. The SMILES string of the molecule is CC/C=C\CC(O)/C=C\C=C/C/C=C\C/C=C\C/C=C\CCC(=O)OC(COC(=O)CCCCCCCCCCCCCCC)COP(=O)(O)OCC[N+](C)(C)C. The van der Waals surface area contributed by atoms with E-state index in [1.165, 1.54) is 64.2 Å². The van der Waals surface area contributed by atoms with Crippen molar-refractivity contribution in [3.8, 4) is 0 Å². The fourth-order valence-electron chi connectivity index (χ4n) is 5.42. The summed E-state index contributed by atoms with van der Waals surface area (Å²) < 4.78 is 34.1. The number of nitrogens with zero attached hydrogens (tertiary/aromatic N) is 1. The summed E-state index contributed by atoms with van der Waals surface area (Å²) in [5, 5.41) is 9.84. The van der Waals surface area contributed by atoms with Gasteiger partial charge in [-0.15, -0.1) is 0 Å². The summed E-state index contributed by atoms with van der Waals surface area (Å²) in [4.78, 5) is 35.3. The molecule has 0 aliphatic rings. The molecule has 0 amide bonds. The number of phosphoric ester groups is 1. The van der Waals surface area contributed by atoms with Gasteiger partial charge in [0.25, 0.3) is 0 Å². The third-order valence-electron chi connectivity index (χ3n) is 8.84. The Morgan fingerprint density at radius 1 is 0.649 bits per heavy atom. The number of rotatable bonds is 38. The minimum atomic E-state index is -4.40. The molecular formula is C46H81NO9P+. The summed E-state index contributed by atoms with van der Waals surface area (Å²) >= 11 is 0. The van der Waals surface area contributed by atoms with Crippen LogP contribution in [-0.2, 0) is 32.7 Å². The van der Waals surface area contributed by atoms with E-state index in [2.05, 4.69) is 38.2 Å². The number of ether oxygens (including phenoxy) is 2. The van der Waals surface area contributed by atoms with Gasteiger partial charge < -0.3 is 24.0 Å². The lowest BCUT2D eigenvalue weighted by Crippen LogP contribution is -2.37. The molecule has 0 rings (SSSR count). The number of esters is 2. The van der Waals surface area contributed by atoms with E-state index in [9.17, 15) is 24.2 Å². The van der Waals surface area contributed by atoms with E-state index in [0.29, 0.717) is 23.9 Å². The number of hydrogen-bond donors (Lipinski definition) is 2. The van der Waals surface area contributed by atoms with Crippen LogP contribution in [0.4, 0.5) is 0 Å². The van der Waals surface area contributed by atoms with Gasteiger partial charge >= 0.3 is 19.8 Å². The summed E-state index contributed by atoms with van der Waals surface area (Å²) in [6.45, 7) is 4.10. The van der Waals surface area contributed by atoms with Crippen LogP contribution in [-0.4, -0.2) is 86.1 Å². The average molecular weight is 823 g/mol. The molecule has 0 aromatic carbocycles. The Morgan fingerprint density at radius 2 is 1.21 bits per heavy atom. The van der Waals surface area contributed by atoms with Crippen LogP contribution in [0.25, 0.3) is 0 Å².